The van der Waals surface area contributed by atoms with Crippen LogP contribution in [0.15, 0.2) is 56.1 Å². The molecule has 1 aromatic heterocycles. The van der Waals surface area contributed by atoms with E-state index in [-0.39, 0.29) is 11.2 Å². The third-order valence-electron chi connectivity index (χ3n) is 3.15. The molecule has 1 heterocycles. The Labute approximate surface area is 123 Å². The lowest BCUT2D eigenvalue weighted by atomic mass is 10.1. The van der Waals surface area contributed by atoms with Gasteiger partial charge in [-0.25, -0.2) is 0 Å². The first kappa shape index (κ1) is 12.9. The van der Waals surface area contributed by atoms with E-state index >= 15 is 0 Å². The van der Waals surface area contributed by atoms with Gasteiger partial charge in [-0.15, -0.1) is 0 Å². The molecule has 0 fully saturated rings. The van der Waals surface area contributed by atoms with Crippen LogP contribution in [0.25, 0.3) is 22.3 Å². The van der Waals surface area contributed by atoms with Crippen molar-refractivity contribution < 1.29 is 9.52 Å². The minimum Gasteiger partial charge on any atom is -0.507 e. The third kappa shape index (κ3) is 2.12. The van der Waals surface area contributed by atoms with E-state index in [2.05, 4.69) is 15.9 Å². The molecule has 100 valence electrons. The Kier molecular flexibility index (Phi) is 3.10. The second kappa shape index (κ2) is 4.80. The van der Waals surface area contributed by atoms with Crippen molar-refractivity contribution in [3.63, 3.8) is 0 Å². The summed E-state index contributed by atoms with van der Waals surface area (Å²) in [6.07, 6.45) is 0. The summed E-state index contributed by atoms with van der Waals surface area (Å²) >= 11 is 3.37. The maximum atomic E-state index is 12.2. The molecule has 0 saturated carbocycles. The van der Waals surface area contributed by atoms with Crippen molar-refractivity contribution in [2.24, 2.45) is 0 Å². The molecule has 0 amide bonds. The molecule has 0 aliphatic carbocycles. The molecule has 0 spiro atoms. The average Bonchev–Trinajstić information content (AvgIpc) is 2.40. The molecule has 1 N–H and O–H groups in total. The summed E-state index contributed by atoms with van der Waals surface area (Å²) in [7, 11) is 0. The molecule has 2 aromatic carbocycles. The second-order valence-corrected chi connectivity index (χ2v) is 5.51. The number of aromatic hydroxyl groups is 1. The van der Waals surface area contributed by atoms with Crippen molar-refractivity contribution in [2.45, 2.75) is 6.92 Å². The van der Waals surface area contributed by atoms with Crippen molar-refractivity contribution in [2.75, 3.05) is 0 Å². The monoisotopic (exact) mass is 330 g/mol. The fourth-order valence-electron chi connectivity index (χ4n) is 2.20. The van der Waals surface area contributed by atoms with Gasteiger partial charge in [-0.2, -0.15) is 0 Å². The van der Waals surface area contributed by atoms with Gasteiger partial charge in [-0.1, -0.05) is 28.1 Å². The van der Waals surface area contributed by atoms with Gasteiger partial charge in [-0.3, -0.25) is 4.79 Å². The number of halogens is 1. The molecule has 4 heteroatoms. The van der Waals surface area contributed by atoms with Crippen LogP contribution in [-0.2, 0) is 0 Å². The zero-order chi connectivity index (χ0) is 14.3. The number of phenolic OH excluding ortho intramolecular Hbond substituents is 1. The number of aryl methyl sites for hydroxylation is 1. The quantitative estimate of drug-likeness (QED) is 0.726. The van der Waals surface area contributed by atoms with Crippen LogP contribution < -0.4 is 5.43 Å². The van der Waals surface area contributed by atoms with E-state index in [1.54, 1.807) is 30.3 Å². The first-order valence-electron chi connectivity index (χ1n) is 6.08. The van der Waals surface area contributed by atoms with E-state index in [9.17, 15) is 9.90 Å². The molecule has 20 heavy (non-hydrogen) atoms. The van der Waals surface area contributed by atoms with E-state index in [1.165, 1.54) is 6.07 Å². The molecular formula is C16H11BrO3. The van der Waals surface area contributed by atoms with Gasteiger partial charge in [0, 0.05) is 10.5 Å². The molecule has 0 aliphatic rings. The fraction of sp³-hybridized carbons (Fsp3) is 0.0625. The van der Waals surface area contributed by atoms with E-state index in [4.69, 9.17) is 4.42 Å². The van der Waals surface area contributed by atoms with Crippen molar-refractivity contribution in [1.29, 1.82) is 0 Å². The topological polar surface area (TPSA) is 50.4 Å². The molecule has 0 unspecified atom stereocenters. The minimum atomic E-state index is -0.131. The van der Waals surface area contributed by atoms with Gasteiger partial charge in [0.15, 0.2) is 5.43 Å². The van der Waals surface area contributed by atoms with Crippen molar-refractivity contribution in [3.05, 3.63) is 62.7 Å². The highest BCUT2D eigenvalue weighted by Gasteiger charge is 2.12. The van der Waals surface area contributed by atoms with Crippen molar-refractivity contribution in [3.8, 4) is 17.1 Å². The summed E-state index contributed by atoms with van der Waals surface area (Å²) in [6, 6.07) is 11.8. The highest BCUT2D eigenvalue weighted by atomic mass is 79.9. The first-order valence-corrected chi connectivity index (χ1v) is 6.88. The van der Waals surface area contributed by atoms with Crippen molar-refractivity contribution in [1.82, 2.24) is 0 Å². The second-order valence-electron chi connectivity index (χ2n) is 4.59. The van der Waals surface area contributed by atoms with Gasteiger partial charge in [0.25, 0.3) is 0 Å². The largest absolute Gasteiger partial charge is 0.507 e. The number of fused-ring (bicyclic) bond motifs is 1. The number of benzene rings is 2. The SMILES string of the molecule is Cc1cc(Br)cc2c(=O)cc(-c3ccccc3O)oc12. The highest BCUT2D eigenvalue weighted by molar-refractivity contribution is 9.10. The van der Waals surface area contributed by atoms with Gasteiger partial charge in [0.1, 0.15) is 17.1 Å². The molecule has 3 nitrogen and oxygen atoms in total. The zero-order valence-electron chi connectivity index (χ0n) is 10.7. The maximum Gasteiger partial charge on any atom is 0.193 e. The number of hydrogen-bond donors (Lipinski definition) is 1. The van der Waals surface area contributed by atoms with Gasteiger partial charge in [0.2, 0.25) is 0 Å². The molecular weight excluding hydrogens is 320 g/mol. The van der Waals surface area contributed by atoms with Gasteiger partial charge in [-0.05, 0) is 36.8 Å². The number of para-hydroxylation sites is 1. The molecule has 0 radical (unpaired) electrons. The van der Waals surface area contributed by atoms with Crippen LogP contribution in [0.1, 0.15) is 5.56 Å². The van der Waals surface area contributed by atoms with E-state index in [0.717, 1.165) is 10.0 Å². The predicted molar refractivity (Wildman–Crippen MR) is 82.0 cm³/mol. The molecule has 0 atom stereocenters. The average molecular weight is 331 g/mol. The Morgan fingerprint density at radius 3 is 2.65 bits per heavy atom. The van der Waals surface area contributed by atoms with Gasteiger partial charge >= 0.3 is 0 Å². The first-order chi connectivity index (χ1) is 9.56. The Morgan fingerprint density at radius 2 is 1.90 bits per heavy atom. The third-order valence-corrected chi connectivity index (χ3v) is 3.61. The summed E-state index contributed by atoms with van der Waals surface area (Å²) in [4.78, 5) is 12.2. The Balaban J connectivity index is 2.36. The van der Waals surface area contributed by atoms with Crippen LogP contribution in [-0.4, -0.2) is 5.11 Å². The summed E-state index contributed by atoms with van der Waals surface area (Å²) < 4.78 is 6.65. The van der Waals surface area contributed by atoms with E-state index in [1.807, 2.05) is 13.0 Å². The van der Waals surface area contributed by atoms with Crippen molar-refractivity contribution >= 4 is 26.9 Å². The van der Waals surface area contributed by atoms with Crippen LogP contribution in [0, 0.1) is 6.92 Å². The van der Waals surface area contributed by atoms with Crippen LogP contribution >= 0.6 is 15.9 Å². The standard InChI is InChI=1S/C16H11BrO3/c1-9-6-10(17)7-12-14(19)8-15(20-16(9)12)11-4-2-3-5-13(11)18/h2-8,18H,1H3. The molecule has 0 bridgehead atoms. The Bertz CT molecular complexity index is 865. The Hall–Kier alpha value is -2.07. The molecule has 3 aromatic rings. The zero-order valence-corrected chi connectivity index (χ0v) is 12.3. The highest BCUT2D eigenvalue weighted by Crippen LogP contribution is 2.31. The van der Waals surface area contributed by atoms with Crippen LogP contribution in [0.3, 0.4) is 0 Å². The lowest BCUT2D eigenvalue weighted by molar-refractivity contribution is 0.474. The van der Waals surface area contributed by atoms with Gasteiger partial charge in [0.05, 0.1) is 10.9 Å². The normalized spacial score (nSPS) is 10.9. The predicted octanol–water partition coefficient (Wildman–Crippen LogP) is 4.24. The molecule has 0 aliphatic heterocycles. The Morgan fingerprint density at radius 1 is 1.15 bits per heavy atom. The van der Waals surface area contributed by atoms with Gasteiger partial charge < -0.3 is 9.52 Å². The summed E-state index contributed by atoms with van der Waals surface area (Å²) in [5, 5.41) is 10.4. The number of hydrogen-bond acceptors (Lipinski definition) is 3. The van der Waals surface area contributed by atoms with E-state index < -0.39 is 0 Å². The minimum absolute atomic E-state index is 0.0877. The summed E-state index contributed by atoms with van der Waals surface area (Å²) in [5.74, 6) is 0.454. The smallest absolute Gasteiger partial charge is 0.193 e. The number of rotatable bonds is 1. The van der Waals surface area contributed by atoms with Crippen LogP contribution in [0.4, 0.5) is 0 Å². The lowest BCUT2D eigenvalue weighted by Crippen LogP contribution is -2.01. The van der Waals surface area contributed by atoms with Crippen LogP contribution in [0.2, 0.25) is 0 Å². The molecule has 3 rings (SSSR count). The number of phenols is 1. The van der Waals surface area contributed by atoms with E-state index in [0.29, 0.717) is 22.3 Å². The molecule has 0 saturated heterocycles. The maximum absolute atomic E-state index is 12.2. The summed E-state index contributed by atoms with van der Waals surface area (Å²) in [5.41, 5.74) is 1.78. The lowest BCUT2D eigenvalue weighted by Gasteiger charge is -2.07. The fourth-order valence-corrected chi connectivity index (χ4v) is 2.77. The summed E-state index contributed by atoms with van der Waals surface area (Å²) in [6.45, 7) is 1.88. The van der Waals surface area contributed by atoms with Crippen LogP contribution in [0.5, 0.6) is 5.75 Å².